The molecule has 1 aromatic carbocycles. The van der Waals surface area contributed by atoms with Crippen LogP contribution >= 0.6 is 0 Å². The molecule has 0 radical (unpaired) electrons. The van der Waals surface area contributed by atoms with Gasteiger partial charge in [-0.3, -0.25) is 5.32 Å². The predicted molar refractivity (Wildman–Crippen MR) is 102 cm³/mol. The number of nitrogens with zero attached hydrogens (tertiary/aromatic N) is 3. The molecule has 28 heavy (non-hydrogen) atoms. The molecule has 1 aliphatic rings. The number of urea groups is 1. The lowest BCUT2D eigenvalue weighted by Gasteiger charge is -2.16. The summed E-state index contributed by atoms with van der Waals surface area (Å²) in [6, 6.07) is 7.62. The Morgan fingerprint density at radius 2 is 2.11 bits per heavy atom. The Labute approximate surface area is 161 Å². The van der Waals surface area contributed by atoms with E-state index in [0.29, 0.717) is 23.2 Å². The van der Waals surface area contributed by atoms with Crippen LogP contribution in [0.2, 0.25) is 0 Å². The minimum atomic E-state index is -0.340. The molecule has 7 nitrogen and oxygen atoms in total. The lowest BCUT2D eigenvalue weighted by molar-refractivity contribution is 0.249. The number of hydrogen-bond acceptors (Lipinski definition) is 4. The van der Waals surface area contributed by atoms with Gasteiger partial charge in [-0.25, -0.2) is 13.9 Å². The molecule has 2 heterocycles. The number of nitrogens with one attached hydrogen (secondary N) is 2. The Morgan fingerprint density at radius 1 is 1.36 bits per heavy atom. The number of carbonyl (C=O) groups excluding carboxylic acids is 1. The molecule has 8 heteroatoms. The third-order valence-electron chi connectivity index (χ3n) is 5.02. The first-order chi connectivity index (χ1) is 13.5. The number of aryl methyl sites for hydroxylation is 1. The van der Waals surface area contributed by atoms with E-state index in [1.54, 1.807) is 24.4 Å². The summed E-state index contributed by atoms with van der Waals surface area (Å²) in [5, 5.41) is 14.0. The normalized spacial score (nSPS) is 14.7. The number of halogens is 1. The molecule has 146 valence electrons. The van der Waals surface area contributed by atoms with Gasteiger partial charge in [-0.05, 0) is 56.9 Å². The zero-order chi connectivity index (χ0) is 19.7. The van der Waals surface area contributed by atoms with Gasteiger partial charge >= 0.3 is 6.03 Å². The lowest BCUT2D eigenvalue weighted by atomic mass is 10.1. The first kappa shape index (κ1) is 18.2. The summed E-state index contributed by atoms with van der Waals surface area (Å²) in [5.74, 6) is 1.53. The number of hydrogen-bond donors (Lipinski definition) is 2. The molecule has 4 rings (SSSR count). The van der Waals surface area contributed by atoms with Crippen molar-refractivity contribution in [3.05, 3.63) is 53.7 Å². The van der Waals surface area contributed by atoms with Gasteiger partial charge in [0.25, 0.3) is 0 Å². The van der Waals surface area contributed by atoms with Gasteiger partial charge in [-0.1, -0.05) is 5.16 Å². The highest BCUT2D eigenvalue weighted by Gasteiger charge is 2.31. The SMILES string of the molecule is Cc1cnn(C(C)C2CC2)c1NC(=O)NCc1cc(-c2ccc(F)cc2)no1. The molecular formula is C20H22FN5O2. The Morgan fingerprint density at radius 3 is 2.82 bits per heavy atom. The molecule has 1 unspecified atom stereocenters. The van der Waals surface area contributed by atoms with Crippen molar-refractivity contribution >= 4 is 11.8 Å². The van der Waals surface area contributed by atoms with Crippen molar-refractivity contribution in [2.24, 2.45) is 5.92 Å². The van der Waals surface area contributed by atoms with Crippen LogP contribution in [0.4, 0.5) is 15.0 Å². The van der Waals surface area contributed by atoms with Crippen LogP contribution in [0, 0.1) is 18.7 Å². The van der Waals surface area contributed by atoms with Gasteiger partial charge in [0.1, 0.15) is 17.3 Å². The molecule has 1 fully saturated rings. The summed E-state index contributed by atoms with van der Waals surface area (Å²) in [6.45, 7) is 4.23. The second-order valence-corrected chi connectivity index (χ2v) is 7.19. The van der Waals surface area contributed by atoms with Crippen LogP contribution in [-0.2, 0) is 6.54 Å². The fourth-order valence-corrected chi connectivity index (χ4v) is 3.16. The first-order valence-corrected chi connectivity index (χ1v) is 9.32. The van der Waals surface area contributed by atoms with Crippen molar-refractivity contribution < 1.29 is 13.7 Å². The Balaban J connectivity index is 1.36. The summed E-state index contributed by atoms with van der Waals surface area (Å²) in [7, 11) is 0. The summed E-state index contributed by atoms with van der Waals surface area (Å²) in [4.78, 5) is 12.3. The summed E-state index contributed by atoms with van der Waals surface area (Å²) in [6.07, 6.45) is 4.17. The molecule has 1 aliphatic carbocycles. The molecular weight excluding hydrogens is 361 g/mol. The maximum atomic E-state index is 13.0. The van der Waals surface area contributed by atoms with E-state index >= 15 is 0 Å². The molecule has 0 spiro atoms. The average molecular weight is 383 g/mol. The van der Waals surface area contributed by atoms with Crippen molar-refractivity contribution in [1.82, 2.24) is 20.3 Å². The third-order valence-corrected chi connectivity index (χ3v) is 5.02. The smallest absolute Gasteiger partial charge is 0.320 e. The van der Waals surface area contributed by atoms with E-state index in [4.69, 9.17) is 4.52 Å². The van der Waals surface area contributed by atoms with Crippen LogP contribution in [0.1, 0.15) is 37.1 Å². The number of amides is 2. The molecule has 0 bridgehead atoms. The number of carbonyl (C=O) groups is 1. The fourth-order valence-electron chi connectivity index (χ4n) is 3.16. The zero-order valence-corrected chi connectivity index (χ0v) is 15.8. The Kier molecular flexibility index (Phi) is 4.85. The van der Waals surface area contributed by atoms with Crippen molar-refractivity contribution in [3.8, 4) is 11.3 Å². The molecule has 1 atom stereocenters. The van der Waals surface area contributed by atoms with Gasteiger partial charge in [0.2, 0.25) is 0 Å². The van der Waals surface area contributed by atoms with E-state index in [-0.39, 0.29) is 24.4 Å². The molecule has 2 aromatic heterocycles. The molecule has 1 saturated carbocycles. The first-order valence-electron chi connectivity index (χ1n) is 9.32. The van der Waals surface area contributed by atoms with E-state index in [0.717, 1.165) is 11.1 Å². The molecule has 2 amide bonds. The second kappa shape index (κ2) is 7.46. The second-order valence-electron chi connectivity index (χ2n) is 7.19. The van der Waals surface area contributed by atoms with Gasteiger partial charge in [-0.15, -0.1) is 0 Å². The zero-order valence-electron chi connectivity index (χ0n) is 15.8. The van der Waals surface area contributed by atoms with E-state index in [1.807, 2.05) is 11.6 Å². The Bertz CT molecular complexity index is 975. The van der Waals surface area contributed by atoms with Gasteiger partial charge < -0.3 is 9.84 Å². The molecule has 2 N–H and O–H groups in total. The van der Waals surface area contributed by atoms with Crippen molar-refractivity contribution in [2.45, 2.75) is 39.3 Å². The van der Waals surface area contributed by atoms with Crippen LogP contribution in [0.15, 0.2) is 41.1 Å². The Hall–Kier alpha value is -3.16. The highest BCUT2D eigenvalue weighted by Crippen LogP contribution is 2.40. The highest BCUT2D eigenvalue weighted by molar-refractivity contribution is 5.89. The summed E-state index contributed by atoms with van der Waals surface area (Å²) >= 11 is 0. The van der Waals surface area contributed by atoms with Gasteiger partial charge in [-0.2, -0.15) is 5.10 Å². The van der Waals surface area contributed by atoms with Crippen LogP contribution in [0.25, 0.3) is 11.3 Å². The van der Waals surface area contributed by atoms with E-state index in [1.165, 1.54) is 25.0 Å². The molecule has 0 saturated heterocycles. The minimum absolute atomic E-state index is 0.186. The molecule has 0 aliphatic heterocycles. The van der Waals surface area contributed by atoms with Crippen molar-refractivity contribution in [3.63, 3.8) is 0 Å². The molecule has 3 aromatic rings. The van der Waals surface area contributed by atoms with E-state index < -0.39 is 0 Å². The largest absolute Gasteiger partial charge is 0.359 e. The highest BCUT2D eigenvalue weighted by atomic mass is 19.1. The van der Waals surface area contributed by atoms with Crippen molar-refractivity contribution in [1.29, 1.82) is 0 Å². The average Bonchev–Trinajstić information content (AvgIpc) is 3.33. The van der Waals surface area contributed by atoms with Crippen LogP contribution in [0.5, 0.6) is 0 Å². The number of aromatic nitrogens is 3. The van der Waals surface area contributed by atoms with Crippen molar-refractivity contribution in [2.75, 3.05) is 5.32 Å². The topological polar surface area (TPSA) is 85.0 Å². The van der Waals surface area contributed by atoms with Crippen LogP contribution in [0.3, 0.4) is 0 Å². The minimum Gasteiger partial charge on any atom is -0.359 e. The lowest BCUT2D eigenvalue weighted by Crippen LogP contribution is -2.30. The van der Waals surface area contributed by atoms with Gasteiger partial charge in [0, 0.05) is 17.2 Å². The standard InChI is InChI=1S/C20H22FN5O2/c1-12-10-23-26(13(2)14-3-4-14)19(12)24-20(27)22-11-17-9-18(25-28-17)15-5-7-16(21)8-6-15/h5-10,13-14H,3-4,11H2,1-2H3,(H2,22,24,27). The third kappa shape index (κ3) is 3.90. The number of anilines is 1. The maximum Gasteiger partial charge on any atom is 0.320 e. The maximum absolute atomic E-state index is 13.0. The predicted octanol–water partition coefficient (Wildman–Crippen LogP) is 4.28. The summed E-state index contributed by atoms with van der Waals surface area (Å²) < 4.78 is 20.2. The number of benzene rings is 1. The van der Waals surface area contributed by atoms with E-state index in [2.05, 4.69) is 27.8 Å². The van der Waals surface area contributed by atoms with Crippen LogP contribution < -0.4 is 10.6 Å². The fraction of sp³-hybridized carbons (Fsp3) is 0.350. The van der Waals surface area contributed by atoms with Crippen LogP contribution in [-0.4, -0.2) is 21.0 Å². The summed E-state index contributed by atoms with van der Waals surface area (Å²) in [5.41, 5.74) is 2.25. The number of rotatable bonds is 6. The van der Waals surface area contributed by atoms with Gasteiger partial charge in [0.05, 0.1) is 18.8 Å². The monoisotopic (exact) mass is 383 g/mol. The quantitative estimate of drug-likeness (QED) is 0.665. The van der Waals surface area contributed by atoms with E-state index in [9.17, 15) is 9.18 Å². The van der Waals surface area contributed by atoms with Gasteiger partial charge in [0.15, 0.2) is 5.76 Å².